The van der Waals surface area contributed by atoms with E-state index in [2.05, 4.69) is 10.1 Å². The van der Waals surface area contributed by atoms with Crippen LogP contribution in [0.25, 0.3) is 12.2 Å². The number of carbonyl (C=O) groups is 2. The number of nitrogens with one attached hydrogen (secondary N) is 1. The van der Waals surface area contributed by atoms with Crippen LogP contribution in [-0.4, -0.2) is 19.0 Å². The maximum absolute atomic E-state index is 11.9. The molecule has 0 aliphatic heterocycles. The Kier molecular flexibility index (Phi) is 5.31. The number of methoxy groups -OCH3 is 1. The molecule has 1 N–H and O–H groups in total. The van der Waals surface area contributed by atoms with Crippen LogP contribution in [-0.2, 0) is 14.3 Å². The van der Waals surface area contributed by atoms with Crippen LogP contribution in [0.2, 0.25) is 0 Å². The largest absolute Gasteiger partial charge is 0.465 e. The van der Waals surface area contributed by atoms with Crippen LogP contribution in [0.1, 0.15) is 11.3 Å². The average molecular weight is 297 g/mol. The molecule has 5 heteroatoms. The second kappa shape index (κ2) is 7.64. The second-order valence-corrected chi connectivity index (χ2v) is 4.30. The zero-order valence-corrected chi connectivity index (χ0v) is 12.0. The quantitative estimate of drug-likeness (QED) is 0.680. The van der Waals surface area contributed by atoms with Crippen molar-refractivity contribution in [3.8, 4) is 0 Å². The van der Waals surface area contributed by atoms with Gasteiger partial charge in [-0.25, -0.2) is 4.79 Å². The van der Waals surface area contributed by atoms with Gasteiger partial charge in [0.05, 0.1) is 13.4 Å². The standard InChI is InChI=1S/C17H15NO4/c1-21-17(20)15(12-14-8-5-11-22-14)18-16(19)10-9-13-6-3-2-4-7-13/h2-12H,1H3,(H,18,19)/b10-9+,15-12-. The molecule has 22 heavy (non-hydrogen) atoms. The van der Waals surface area contributed by atoms with Crippen LogP contribution in [0.15, 0.2) is 64.9 Å². The summed E-state index contributed by atoms with van der Waals surface area (Å²) in [5.74, 6) is -0.655. The molecule has 1 heterocycles. The fourth-order valence-electron chi connectivity index (χ4n) is 1.68. The van der Waals surface area contributed by atoms with Crippen molar-refractivity contribution in [2.24, 2.45) is 0 Å². The number of esters is 1. The Labute approximate surface area is 127 Å². The van der Waals surface area contributed by atoms with Crippen LogP contribution in [0, 0.1) is 0 Å². The summed E-state index contributed by atoms with van der Waals surface area (Å²) in [6, 6.07) is 12.7. The van der Waals surface area contributed by atoms with Gasteiger partial charge in [-0.3, -0.25) is 4.79 Å². The first-order valence-electron chi connectivity index (χ1n) is 6.56. The summed E-state index contributed by atoms with van der Waals surface area (Å²) >= 11 is 0. The molecule has 0 spiro atoms. The van der Waals surface area contributed by atoms with E-state index in [4.69, 9.17) is 4.42 Å². The molecule has 1 aromatic heterocycles. The van der Waals surface area contributed by atoms with E-state index in [0.29, 0.717) is 5.76 Å². The molecule has 0 saturated heterocycles. The first-order chi connectivity index (χ1) is 10.7. The Bertz CT molecular complexity index is 685. The number of ether oxygens (including phenoxy) is 1. The van der Waals surface area contributed by atoms with Gasteiger partial charge in [-0.2, -0.15) is 0 Å². The molecule has 0 atom stereocenters. The van der Waals surface area contributed by atoms with E-state index < -0.39 is 11.9 Å². The number of carbonyl (C=O) groups excluding carboxylic acids is 2. The minimum absolute atomic E-state index is 0.000150. The molecule has 1 aromatic carbocycles. The van der Waals surface area contributed by atoms with Gasteiger partial charge >= 0.3 is 5.97 Å². The van der Waals surface area contributed by atoms with Gasteiger partial charge in [0.1, 0.15) is 11.5 Å². The van der Waals surface area contributed by atoms with Crippen LogP contribution >= 0.6 is 0 Å². The maximum atomic E-state index is 11.9. The molecule has 0 radical (unpaired) electrons. The van der Waals surface area contributed by atoms with E-state index in [0.717, 1.165) is 5.56 Å². The van der Waals surface area contributed by atoms with E-state index in [1.165, 1.54) is 25.5 Å². The first-order valence-corrected chi connectivity index (χ1v) is 6.56. The number of furan rings is 1. The van der Waals surface area contributed by atoms with Crippen LogP contribution in [0.5, 0.6) is 0 Å². The third-order valence-corrected chi connectivity index (χ3v) is 2.72. The molecule has 0 bridgehead atoms. The highest BCUT2D eigenvalue weighted by Gasteiger charge is 2.12. The third kappa shape index (κ3) is 4.49. The lowest BCUT2D eigenvalue weighted by Gasteiger charge is -2.05. The monoisotopic (exact) mass is 297 g/mol. The van der Waals surface area contributed by atoms with Crippen molar-refractivity contribution < 1.29 is 18.7 Å². The Morgan fingerprint density at radius 3 is 2.55 bits per heavy atom. The van der Waals surface area contributed by atoms with Crippen LogP contribution in [0.4, 0.5) is 0 Å². The molecular formula is C17H15NO4. The van der Waals surface area contributed by atoms with E-state index >= 15 is 0 Å². The number of rotatable bonds is 5. The van der Waals surface area contributed by atoms with E-state index in [9.17, 15) is 9.59 Å². The lowest BCUT2D eigenvalue weighted by molar-refractivity contribution is -0.137. The van der Waals surface area contributed by atoms with E-state index in [1.807, 2.05) is 30.3 Å². The predicted molar refractivity (Wildman–Crippen MR) is 82.3 cm³/mol. The Morgan fingerprint density at radius 1 is 1.14 bits per heavy atom. The minimum Gasteiger partial charge on any atom is -0.465 e. The third-order valence-electron chi connectivity index (χ3n) is 2.72. The average Bonchev–Trinajstić information content (AvgIpc) is 3.05. The second-order valence-electron chi connectivity index (χ2n) is 4.30. The smallest absolute Gasteiger partial charge is 0.354 e. The molecule has 0 aliphatic carbocycles. The van der Waals surface area contributed by atoms with E-state index in [1.54, 1.807) is 18.2 Å². The van der Waals surface area contributed by atoms with Crippen molar-refractivity contribution in [1.82, 2.24) is 5.32 Å². The SMILES string of the molecule is COC(=O)/C(=C/c1ccco1)NC(=O)/C=C/c1ccccc1. The molecule has 112 valence electrons. The summed E-state index contributed by atoms with van der Waals surface area (Å²) in [4.78, 5) is 23.6. The molecule has 1 amide bonds. The van der Waals surface area contributed by atoms with Crippen LogP contribution < -0.4 is 5.32 Å². The van der Waals surface area contributed by atoms with Gasteiger partial charge in [0.2, 0.25) is 5.91 Å². The highest BCUT2D eigenvalue weighted by molar-refractivity contribution is 6.01. The topological polar surface area (TPSA) is 68.5 Å². The molecule has 2 rings (SSSR count). The van der Waals surface area contributed by atoms with Gasteiger partial charge in [-0.1, -0.05) is 30.3 Å². The minimum atomic E-state index is -0.655. The number of hydrogen-bond acceptors (Lipinski definition) is 4. The summed E-state index contributed by atoms with van der Waals surface area (Å²) in [6.07, 6.45) is 5.86. The maximum Gasteiger partial charge on any atom is 0.354 e. The van der Waals surface area contributed by atoms with E-state index in [-0.39, 0.29) is 5.70 Å². The molecule has 5 nitrogen and oxygen atoms in total. The number of hydrogen-bond donors (Lipinski definition) is 1. The Hall–Kier alpha value is -3.08. The Morgan fingerprint density at radius 2 is 1.91 bits per heavy atom. The summed E-state index contributed by atoms with van der Waals surface area (Å²) in [5.41, 5.74) is 0.882. The molecule has 0 unspecified atom stereocenters. The summed E-state index contributed by atoms with van der Waals surface area (Å²) < 4.78 is 9.75. The predicted octanol–water partition coefficient (Wildman–Crippen LogP) is 2.62. The Balaban J connectivity index is 2.09. The molecule has 0 fully saturated rings. The van der Waals surface area contributed by atoms with Crippen molar-refractivity contribution in [2.45, 2.75) is 0 Å². The lowest BCUT2D eigenvalue weighted by atomic mass is 10.2. The van der Waals surface area contributed by atoms with Crippen molar-refractivity contribution >= 4 is 24.0 Å². The van der Waals surface area contributed by atoms with Crippen molar-refractivity contribution in [1.29, 1.82) is 0 Å². The summed E-state index contributed by atoms with van der Waals surface area (Å²) in [5, 5.41) is 2.48. The van der Waals surface area contributed by atoms with Crippen molar-refractivity contribution in [3.63, 3.8) is 0 Å². The van der Waals surface area contributed by atoms with Crippen LogP contribution in [0.3, 0.4) is 0 Å². The van der Waals surface area contributed by atoms with Gasteiger partial charge < -0.3 is 14.5 Å². The lowest BCUT2D eigenvalue weighted by Crippen LogP contribution is -2.26. The summed E-state index contributed by atoms with van der Waals surface area (Å²) in [6.45, 7) is 0. The summed E-state index contributed by atoms with van der Waals surface area (Å²) in [7, 11) is 1.24. The van der Waals surface area contributed by atoms with Gasteiger partial charge in [-0.05, 0) is 23.8 Å². The normalized spacial score (nSPS) is 11.4. The number of amides is 1. The zero-order valence-electron chi connectivity index (χ0n) is 12.0. The first kappa shape index (κ1) is 15.3. The fourth-order valence-corrected chi connectivity index (χ4v) is 1.68. The zero-order chi connectivity index (χ0) is 15.8. The molecule has 0 saturated carbocycles. The fraction of sp³-hybridized carbons (Fsp3) is 0.0588. The number of benzene rings is 1. The molecular weight excluding hydrogens is 282 g/mol. The highest BCUT2D eigenvalue weighted by Crippen LogP contribution is 2.07. The van der Waals surface area contributed by atoms with Gasteiger partial charge in [-0.15, -0.1) is 0 Å². The molecule has 0 aliphatic rings. The molecule has 2 aromatic rings. The van der Waals surface area contributed by atoms with Crippen molar-refractivity contribution in [3.05, 3.63) is 71.8 Å². The van der Waals surface area contributed by atoms with Gasteiger partial charge in [0.25, 0.3) is 0 Å². The van der Waals surface area contributed by atoms with Gasteiger partial charge in [0.15, 0.2) is 0 Å². The highest BCUT2D eigenvalue weighted by atomic mass is 16.5. The van der Waals surface area contributed by atoms with Crippen molar-refractivity contribution in [2.75, 3.05) is 7.11 Å². The van der Waals surface area contributed by atoms with Gasteiger partial charge in [0, 0.05) is 12.2 Å².